The highest BCUT2D eigenvalue weighted by molar-refractivity contribution is 7.49. The van der Waals surface area contributed by atoms with Crippen LogP contribution in [0.2, 0.25) is 0 Å². The molecule has 1 saturated heterocycles. The SMILES string of the molecule is Cc1ccc(OP(=O)(OC[C@@]2(C(F)F)O[C@@H](n3cc(F)c(N)nc3=O)[C@H](O)[C@H]2F)Oc2ccc(C)cc2)cc1. The topological polar surface area (TPSA) is 135 Å². The monoisotopic (exact) mass is 573 g/mol. The average Bonchev–Trinajstić information content (AvgIpc) is 3.14. The fourth-order valence-corrected chi connectivity index (χ4v) is 4.97. The van der Waals surface area contributed by atoms with Gasteiger partial charge in [0.05, 0.1) is 12.8 Å². The summed E-state index contributed by atoms with van der Waals surface area (Å²) < 4.78 is 92.9. The number of nitrogen functional groups attached to an aromatic ring is 1. The van der Waals surface area contributed by atoms with E-state index in [4.69, 9.17) is 24.0 Å². The van der Waals surface area contributed by atoms with Crippen LogP contribution in [0.3, 0.4) is 0 Å². The molecule has 2 heterocycles. The molecule has 0 spiro atoms. The third-order valence-corrected chi connectivity index (χ3v) is 7.22. The van der Waals surface area contributed by atoms with Gasteiger partial charge in [-0.25, -0.2) is 26.9 Å². The van der Waals surface area contributed by atoms with Gasteiger partial charge in [0.15, 0.2) is 29.6 Å². The fourth-order valence-electron chi connectivity index (χ4n) is 3.71. The second kappa shape index (κ2) is 11.0. The molecule has 0 bridgehead atoms. The summed E-state index contributed by atoms with van der Waals surface area (Å²) in [6.07, 6.45) is -10.7. The van der Waals surface area contributed by atoms with Crippen LogP contribution in [0.25, 0.3) is 0 Å². The molecule has 1 aliphatic rings. The van der Waals surface area contributed by atoms with Gasteiger partial charge in [-0.3, -0.25) is 9.09 Å². The van der Waals surface area contributed by atoms with Crippen molar-refractivity contribution in [2.24, 2.45) is 0 Å². The second-order valence-electron chi connectivity index (χ2n) is 8.85. The maximum atomic E-state index is 15.3. The number of halogens is 4. The number of alkyl halides is 3. The zero-order valence-electron chi connectivity index (χ0n) is 20.5. The van der Waals surface area contributed by atoms with E-state index in [1.54, 1.807) is 38.1 Å². The van der Waals surface area contributed by atoms with Crippen LogP contribution in [-0.2, 0) is 13.8 Å². The van der Waals surface area contributed by atoms with Crippen LogP contribution in [0, 0.1) is 19.7 Å². The van der Waals surface area contributed by atoms with Gasteiger partial charge in [0.2, 0.25) is 0 Å². The van der Waals surface area contributed by atoms with Gasteiger partial charge in [-0.2, -0.15) is 4.98 Å². The summed E-state index contributed by atoms with van der Waals surface area (Å²) in [5.41, 5.74) is 2.30. The van der Waals surface area contributed by atoms with E-state index in [-0.39, 0.29) is 16.1 Å². The van der Waals surface area contributed by atoms with Crippen molar-refractivity contribution in [3.8, 4) is 11.5 Å². The van der Waals surface area contributed by atoms with Gasteiger partial charge in [0, 0.05) is 0 Å². The van der Waals surface area contributed by atoms with Gasteiger partial charge in [-0.15, -0.1) is 0 Å². The lowest BCUT2D eigenvalue weighted by molar-refractivity contribution is -0.184. The van der Waals surface area contributed by atoms with E-state index in [1.165, 1.54) is 24.3 Å². The summed E-state index contributed by atoms with van der Waals surface area (Å²) in [4.78, 5) is 15.3. The van der Waals surface area contributed by atoms with Gasteiger partial charge in [-0.05, 0) is 38.1 Å². The molecule has 1 fully saturated rings. The number of aromatic nitrogens is 2. The third kappa shape index (κ3) is 5.93. The summed E-state index contributed by atoms with van der Waals surface area (Å²) in [7, 11) is -4.81. The van der Waals surface area contributed by atoms with Crippen molar-refractivity contribution >= 4 is 13.6 Å². The molecular weight excluding hydrogens is 549 g/mol. The summed E-state index contributed by atoms with van der Waals surface area (Å²) >= 11 is 0. The van der Waals surface area contributed by atoms with E-state index in [1.807, 2.05) is 0 Å². The van der Waals surface area contributed by atoms with Gasteiger partial charge < -0.3 is 24.6 Å². The number of benzene rings is 2. The van der Waals surface area contributed by atoms with E-state index >= 15 is 4.39 Å². The number of phosphoric acid groups is 1. The molecule has 1 aromatic heterocycles. The number of phosphoric ester groups is 1. The third-order valence-electron chi connectivity index (χ3n) is 5.90. The zero-order chi connectivity index (χ0) is 28.5. The molecule has 210 valence electrons. The number of rotatable bonds is 9. The highest BCUT2D eigenvalue weighted by Crippen LogP contribution is 2.52. The van der Waals surface area contributed by atoms with Crippen LogP contribution in [0.4, 0.5) is 23.4 Å². The Kier molecular flexibility index (Phi) is 8.03. The number of aliphatic hydroxyl groups is 1. The van der Waals surface area contributed by atoms with Crippen molar-refractivity contribution in [1.29, 1.82) is 0 Å². The van der Waals surface area contributed by atoms with Gasteiger partial charge in [0.25, 0.3) is 6.43 Å². The Morgan fingerprint density at radius 2 is 1.62 bits per heavy atom. The number of nitrogens with zero attached hydrogens (tertiary/aromatic N) is 2. The minimum absolute atomic E-state index is 0.0147. The van der Waals surface area contributed by atoms with Crippen molar-refractivity contribution < 1.29 is 45.5 Å². The fraction of sp³-hybridized carbons (Fsp3) is 0.333. The lowest BCUT2D eigenvalue weighted by Crippen LogP contribution is -2.50. The molecule has 10 nitrogen and oxygen atoms in total. The van der Waals surface area contributed by atoms with Gasteiger partial charge >= 0.3 is 13.5 Å². The molecule has 4 rings (SSSR count). The number of aryl methyl sites for hydroxylation is 2. The molecule has 4 atom stereocenters. The van der Waals surface area contributed by atoms with Crippen molar-refractivity contribution in [2.45, 2.75) is 44.4 Å². The van der Waals surface area contributed by atoms with Crippen LogP contribution in [0.15, 0.2) is 59.5 Å². The van der Waals surface area contributed by atoms with Gasteiger partial charge in [-0.1, -0.05) is 35.4 Å². The summed E-state index contributed by atoms with van der Waals surface area (Å²) in [6, 6.07) is 12.1. The molecule has 0 saturated carbocycles. The van der Waals surface area contributed by atoms with Crippen molar-refractivity contribution in [3.05, 3.63) is 82.2 Å². The first-order valence-corrected chi connectivity index (χ1v) is 12.9. The molecule has 0 radical (unpaired) electrons. The Balaban J connectivity index is 1.65. The summed E-state index contributed by atoms with van der Waals surface area (Å²) in [5.74, 6) is -2.07. The number of aliphatic hydroxyl groups excluding tert-OH is 1. The Bertz CT molecular complexity index is 1370. The number of nitrogens with two attached hydrogens (primary N) is 1. The Morgan fingerprint density at radius 1 is 1.10 bits per heavy atom. The van der Waals surface area contributed by atoms with Crippen LogP contribution < -0.4 is 20.5 Å². The average molecular weight is 573 g/mol. The molecule has 0 aliphatic carbocycles. The Hall–Kier alpha value is -3.45. The predicted octanol–water partition coefficient (Wildman–Crippen LogP) is 4.10. The van der Waals surface area contributed by atoms with Crippen molar-refractivity contribution in [3.63, 3.8) is 0 Å². The van der Waals surface area contributed by atoms with Gasteiger partial charge in [0.1, 0.15) is 17.6 Å². The number of hydrogen-bond acceptors (Lipinski definition) is 9. The van der Waals surface area contributed by atoms with Crippen LogP contribution in [0.1, 0.15) is 17.4 Å². The molecule has 0 unspecified atom stereocenters. The quantitative estimate of drug-likeness (QED) is 0.287. The highest BCUT2D eigenvalue weighted by Gasteiger charge is 2.63. The molecule has 2 aromatic carbocycles. The number of hydrogen-bond donors (Lipinski definition) is 2. The van der Waals surface area contributed by atoms with Crippen LogP contribution >= 0.6 is 7.82 Å². The van der Waals surface area contributed by atoms with E-state index < -0.39 is 62.3 Å². The first-order valence-electron chi connectivity index (χ1n) is 11.4. The number of ether oxygens (including phenoxy) is 1. The van der Waals surface area contributed by atoms with Crippen LogP contribution in [-0.4, -0.2) is 45.6 Å². The molecule has 3 N–H and O–H groups in total. The first kappa shape index (κ1) is 28.6. The summed E-state index contributed by atoms with van der Waals surface area (Å²) in [5, 5.41) is 10.4. The number of anilines is 1. The van der Waals surface area contributed by atoms with Crippen molar-refractivity contribution in [2.75, 3.05) is 12.3 Å². The van der Waals surface area contributed by atoms with E-state index in [2.05, 4.69) is 4.98 Å². The maximum absolute atomic E-state index is 15.3. The zero-order valence-corrected chi connectivity index (χ0v) is 21.4. The molecule has 0 amide bonds. The smallest absolute Gasteiger partial charge is 0.395 e. The summed E-state index contributed by atoms with van der Waals surface area (Å²) in [6.45, 7) is 2.10. The molecule has 1 aliphatic heterocycles. The van der Waals surface area contributed by atoms with E-state index in [9.17, 15) is 27.6 Å². The highest BCUT2D eigenvalue weighted by atomic mass is 31.2. The minimum atomic E-state index is -4.81. The molecular formula is C24H24F4N3O7P. The van der Waals surface area contributed by atoms with E-state index in [0.29, 0.717) is 6.20 Å². The molecule has 3 aromatic rings. The lowest BCUT2D eigenvalue weighted by Gasteiger charge is -2.30. The standard InChI is InChI=1S/C24H24F4N3O7P/c1-13-3-7-15(8-4-13)37-39(34,38-16-9-5-14(2)6-10-16)35-12-24(22(27)28)19(26)18(32)21(36-24)31-11-17(25)20(29)30-23(31)33/h3-11,18-19,21-22,32H,12H2,1-2H3,(H2,29,30,33)/t18-,19-,21-,24-/m1/s1. The Morgan fingerprint density at radius 3 is 2.10 bits per heavy atom. The molecule has 15 heteroatoms. The second-order valence-corrected chi connectivity index (χ2v) is 10.4. The first-order chi connectivity index (χ1) is 18.3. The lowest BCUT2D eigenvalue weighted by atomic mass is 9.98. The predicted molar refractivity (Wildman–Crippen MR) is 130 cm³/mol. The normalized spacial score (nSPS) is 23.2. The Labute approximate surface area is 219 Å². The van der Waals surface area contributed by atoms with E-state index in [0.717, 1.165) is 11.1 Å². The van der Waals surface area contributed by atoms with Crippen molar-refractivity contribution in [1.82, 2.24) is 9.55 Å². The van der Waals surface area contributed by atoms with Crippen LogP contribution in [0.5, 0.6) is 11.5 Å². The minimum Gasteiger partial charge on any atom is -0.395 e. The largest absolute Gasteiger partial charge is 0.587 e. The molecule has 39 heavy (non-hydrogen) atoms. The maximum Gasteiger partial charge on any atom is 0.587 e.